The zero-order chi connectivity index (χ0) is 12.3. The summed E-state index contributed by atoms with van der Waals surface area (Å²) in [6, 6.07) is 5.13. The number of rotatable bonds is 4. The standard InChI is InChI=1S/C12H13FN2OS/c1-8(14)6-9-2-3-11(10(13)7-9)17-12-15-4-5-16-12/h2-5,7-8H,6,14H2,1H3. The Morgan fingerprint density at radius 2 is 2.35 bits per heavy atom. The highest BCUT2D eigenvalue weighted by Gasteiger charge is 2.09. The molecule has 0 saturated carbocycles. The lowest BCUT2D eigenvalue weighted by Crippen LogP contribution is -2.17. The third kappa shape index (κ3) is 3.31. The maximum atomic E-state index is 13.8. The van der Waals surface area contributed by atoms with Crippen molar-refractivity contribution in [1.29, 1.82) is 0 Å². The number of aromatic nitrogens is 1. The van der Waals surface area contributed by atoms with E-state index in [0.29, 0.717) is 16.5 Å². The molecule has 3 nitrogen and oxygen atoms in total. The molecule has 0 aliphatic heterocycles. The van der Waals surface area contributed by atoms with E-state index < -0.39 is 0 Å². The predicted molar refractivity (Wildman–Crippen MR) is 64.4 cm³/mol. The van der Waals surface area contributed by atoms with Crippen LogP contribution < -0.4 is 5.73 Å². The average molecular weight is 252 g/mol. The molecule has 1 heterocycles. The number of halogens is 1. The third-order valence-electron chi connectivity index (χ3n) is 2.16. The fraction of sp³-hybridized carbons (Fsp3) is 0.250. The van der Waals surface area contributed by atoms with Gasteiger partial charge in [0.15, 0.2) is 0 Å². The Bertz CT molecular complexity index is 485. The molecule has 0 fully saturated rings. The number of hydrogen-bond donors (Lipinski definition) is 1. The highest BCUT2D eigenvalue weighted by molar-refractivity contribution is 7.99. The van der Waals surface area contributed by atoms with Crippen molar-refractivity contribution in [3.05, 3.63) is 42.0 Å². The molecule has 5 heteroatoms. The van der Waals surface area contributed by atoms with Crippen molar-refractivity contribution < 1.29 is 8.81 Å². The van der Waals surface area contributed by atoms with Gasteiger partial charge in [-0.25, -0.2) is 9.37 Å². The van der Waals surface area contributed by atoms with Gasteiger partial charge in [-0.3, -0.25) is 0 Å². The van der Waals surface area contributed by atoms with Crippen LogP contribution in [0.25, 0.3) is 0 Å². The van der Waals surface area contributed by atoms with Gasteiger partial charge in [0.25, 0.3) is 5.22 Å². The number of oxazole rings is 1. The van der Waals surface area contributed by atoms with Crippen LogP contribution >= 0.6 is 11.8 Å². The first-order valence-corrected chi connectivity index (χ1v) is 6.08. The van der Waals surface area contributed by atoms with Gasteiger partial charge >= 0.3 is 0 Å². The normalized spacial score (nSPS) is 12.6. The first-order chi connectivity index (χ1) is 8.15. The summed E-state index contributed by atoms with van der Waals surface area (Å²) in [4.78, 5) is 4.43. The van der Waals surface area contributed by atoms with E-state index in [-0.39, 0.29) is 11.9 Å². The van der Waals surface area contributed by atoms with Crippen molar-refractivity contribution in [3.8, 4) is 0 Å². The van der Waals surface area contributed by atoms with Gasteiger partial charge in [0.1, 0.15) is 12.1 Å². The van der Waals surface area contributed by atoms with Gasteiger partial charge in [-0.05, 0) is 42.8 Å². The summed E-state index contributed by atoms with van der Waals surface area (Å²) in [5, 5.41) is 0.434. The second-order valence-electron chi connectivity index (χ2n) is 3.85. The molecule has 0 bridgehead atoms. The van der Waals surface area contributed by atoms with Gasteiger partial charge in [-0.1, -0.05) is 6.07 Å². The summed E-state index contributed by atoms with van der Waals surface area (Å²) in [5.41, 5.74) is 6.57. The molecular weight excluding hydrogens is 239 g/mol. The van der Waals surface area contributed by atoms with E-state index in [1.54, 1.807) is 6.07 Å². The molecule has 17 heavy (non-hydrogen) atoms. The van der Waals surface area contributed by atoms with Crippen LogP contribution in [0, 0.1) is 5.82 Å². The Hall–Kier alpha value is -1.33. The molecule has 90 valence electrons. The first kappa shape index (κ1) is 12.1. The van der Waals surface area contributed by atoms with E-state index in [0.717, 1.165) is 17.3 Å². The summed E-state index contributed by atoms with van der Waals surface area (Å²) in [6.07, 6.45) is 3.66. The van der Waals surface area contributed by atoms with Crippen LogP contribution in [0.1, 0.15) is 12.5 Å². The van der Waals surface area contributed by atoms with Crippen molar-refractivity contribution in [2.24, 2.45) is 5.73 Å². The number of nitrogens with two attached hydrogens (primary N) is 1. The van der Waals surface area contributed by atoms with Crippen molar-refractivity contribution >= 4 is 11.8 Å². The minimum Gasteiger partial charge on any atom is -0.440 e. The number of nitrogens with zero attached hydrogens (tertiary/aromatic N) is 1. The van der Waals surface area contributed by atoms with Gasteiger partial charge in [-0.15, -0.1) is 0 Å². The quantitative estimate of drug-likeness (QED) is 0.909. The van der Waals surface area contributed by atoms with Crippen molar-refractivity contribution in [3.63, 3.8) is 0 Å². The monoisotopic (exact) mass is 252 g/mol. The average Bonchev–Trinajstić information content (AvgIpc) is 2.74. The lowest BCUT2D eigenvalue weighted by molar-refractivity contribution is 0.453. The van der Waals surface area contributed by atoms with Gasteiger partial charge in [0.2, 0.25) is 0 Å². The first-order valence-electron chi connectivity index (χ1n) is 5.26. The minimum atomic E-state index is -0.272. The maximum absolute atomic E-state index is 13.8. The molecule has 0 saturated heterocycles. The van der Waals surface area contributed by atoms with E-state index in [4.69, 9.17) is 10.2 Å². The second-order valence-corrected chi connectivity index (χ2v) is 4.84. The highest BCUT2D eigenvalue weighted by Crippen LogP contribution is 2.29. The molecule has 0 aliphatic carbocycles. The molecule has 0 amide bonds. The summed E-state index contributed by atoms with van der Waals surface area (Å²) < 4.78 is 18.8. The molecule has 1 aromatic carbocycles. The predicted octanol–water partition coefficient (Wildman–Crippen LogP) is 2.85. The Morgan fingerprint density at radius 1 is 1.53 bits per heavy atom. The molecule has 1 aromatic heterocycles. The Kier molecular flexibility index (Phi) is 3.81. The molecule has 0 radical (unpaired) electrons. The zero-order valence-electron chi connectivity index (χ0n) is 9.39. The summed E-state index contributed by atoms with van der Waals surface area (Å²) in [5.74, 6) is -0.272. The van der Waals surface area contributed by atoms with Gasteiger partial charge in [-0.2, -0.15) is 0 Å². The van der Waals surface area contributed by atoms with Crippen molar-refractivity contribution in [1.82, 2.24) is 4.98 Å². The van der Waals surface area contributed by atoms with Gasteiger partial charge < -0.3 is 10.2 Å². The maximum Gasteiger partial charge on any atom is 0.260 e. The molecule has 2 aromatic rings. The fourth-order valence-electron chi connectivity index (χ4n) is 1.48. The minimum absolute atomic E-state index is 0.0274. The highest BCUT2D eigenvalue weighted by atomic mass is 32.2. The number of hydrogen-bond acceptors (Lipinski definition) is 4. The fourth-order valence-corrected chi connectivity index (χ4v) is 2.18. The number of benzene rings is 1. The van der Waals surface area contributed by atoms with Crippen molar-refractivity contribution in [2.75, 3.05) is 0 Å². The van der Waals surface area contributed by atoms with E-state index in [1.165, 1.54) is 18.5 Å². The molecule has 2 N–H and O–H groups in total. The van der Waals surface area contributed by atoms with Crippen LogP contribution in [-0.2, 0) is 6.42 Å². The Labute approximate surface area is 103 Å². The zero-order valence-corrected chi connectivity index (χ0v) is 10.2. The lowest BCUT2D eigenvalue weighted by atomic mass is 10.1. The smallest absolute Gasteiger partial charge is 0.260 e. The Morgan fingerprint density at radius 3 is 2.94 bits per heavy atom. The Balaban J connectivity index is 2.14. The van der Waals surface area contributed by atoms with Crippen LogP contribution in [0.4, 0.5) is 4.39 Å². The van der Waals surface area contributed by atoms with E-state index >= 15 is 0 Å². The van der Waals surface area contributed by atoms with Crippen LogP contribution in [0.3, 0.4) is 0 Å². The topological polar surface area (TPSA) is 52.0 Å². The third-order valence-corrected chi connectivity index (χ3v) is 3.09. The summed E-state index contributed by atoms with van der Waals surface area (Å²) >= 11 is 1.16. The summed E-state index contributed by atoms with van der Waals surface area (Å²) in [7, 11) is 0. The second kappa shape index (κ2) is 5.33. The largest absolute Gasteiger partial charge is 0.440 e. The van der Waals surface area contributed by atoms with E-state index in [2.05, 4.69) is 4.98 Å². The van der Waals surface area contributed by atoms with Crippen LogP contribution in [0.2, 0.25) is 0 Å². The molecular formula is C12H13FN2OS. The molecule has 2 rings (SSSR count). The molecule has 1 unspecified atom stereocenters. The summed E-state index contributed by atoms with van der Waals surface area (Å²) in [6.45, 7) is 1.90. The lowest BCUT2D eigenvalue weighted by Gasteiger charge is -2.06. The van der Waals surface area contributed by atoms with Crippen LogP contribution in [0.5, 0.6) is 0 Å². The van der Waals surface area contributed by atoms with E-state index in [9.17, 15) is 4.39 Å². The SMILES string of the molecule is CC(N)Cc1ccc(Sc2ncco2)c(F)c1. The van der Waals surface area contributed by atoms with E-state index in [1.807, 2.05) is 13.0 Å². The van der Waals surface area contributed by atoms with Crippen LogP contribution in [-0.4, -0.2) is 11.0 Å². The molecule has 1 atom stereocenters. The van der Waals surface area contributed by atoms with Crippen molar-refractivity contribution in [2.45, 2.75) is 29.5 Å². The molecule has 0 aliphatic rings. The van der Waals surface area contributed by atoms with Gasteiger partial charge in [0.05, 0.1) is 11.1 Å². The van der Waals surface area contributed by atoms with Crippen LogP contribution in [0.15, 0.2) is 45.2 Å². The van der Waals surface area contributed by atoms with Gasteiger partial charge in [0, 0.05) is 6.04 Å². The molecule has 0 spiro atoms.